The van der Waals surface area contributed by atoms with Crippen LogP contribution in [0.15, 0.2) is 28.7 Å². The fourth-order valence-corrected chi connectivity index (χ4v) is 2.68. The van der Waals surface area contributed by atoms with Gasteiger partial charge in [-0.1, -0.05) is 13.8 Å². The number of hydrogen-bond acceptors (Lipinski definition) is 4. The van der Waals surface area contributed by atoms with Crippen molar-refractivity contribution < 1.29 is 18.8 Å². The SMILES string of the molecule is CC(C)Cc1ccc2[nH]c(-c3ccc(P(=O)(O)O)o3)nc2n1. The lowest BCUT2D eigenvalue weighted by Crippen LogP contribution is -1.98. The second kappa shape index (κ2) is 5.35. The van der Waals surface area contributed by atoms with E-state index in [1.54, 1.807) is 0 Å². The molecule has 0 amide bonds. The van der Waals surface area contributed by atoms with E-state index < -0.39 is 7.60 Å². The van der Waals surface area contributed by atoms with Gasteiger partial charge in [-0.15, -0.1) is 0 Å². The zero-order valence-corrected chi connectivity index (χ0v) is 13.0. The lowest BCUT2D eigenvalue weighted by Gasteiger charge is -2.02. The van der Waals surface area contributed by atoms with Gasteiger partial charge in [0, 0.05) is 5.69 Å². The molecule has 0 unspecified atom stereocenters. The van der Waals surface area contributed by atoms with E-state index in [1.165, 1.54) is 12.1 Å². The number of pyridine rings is 1. The van der Waals surface area contributed by atoms with Crippen molar-refractivity contribution in [2.75, 3.05) is 0 Å². The van der Waals surface area contributed by atoms with E-state index in [2.05, 4.69) is 28.8 Å². The Balaban J connectivity index is 1.98. The number of nitrogens with one attached hydrogen (secondary N) is 1. The molecule has 8 heteroatoms. The molecular weight excluding hydrogens is 305 g/mol. The van der Waals surface area contributed by atoms with E-state index in [9.17, 15) is 4.57 Å². The average molecular weight is 321 g/mol. The van der Waals surface area contributed by atoms with E-state index in [4.69, 9.17) is 14.2 Å². The zero-order valence-electron chi connectivity index (χ0n) is 12.1. The summed E-state index contributed by atoms with van der Waals surface area (Å²) in [5.74, 6) is 1.16. The molecule has 0 aliphatic heterocycles. The number of rotatable bonds is 4. The Morgan fingerprint density at radius 3 is 2.64 bits per heavy atom. The van der Waals surface area contributed by atoms with Crippen molar-refractivity contribution in [3.63, 3.8) is 0 Å². The van der Waals surface area contributed by atoms with Gasteiger partial charge in [-0.05, 0) is 36.6 Å². The van der Waals surface area contributed by atoms with Crippen LogP contribution in [0.25, 0.3) is 22.7 Å². The summed E-state index contributed by atoms with van der Waals surface area (Å²) in [4.78, 5) is 30.0. The minimum Gasteiger partial charge on any atom is -0.445 e. The summed E-state index contributed by atoms with van der Waals surface area (Å²) >= 11 is 0. The number of H-pyrrole nitrogens is 1. The van der Waals surface area contributed by atoms with Crippen molar-refractivity contribution in [1.29, 1.82) is 0 Å². The molecule has 0 radical (unpaired) electrons. The molecule has 22 heavy (non-hydrogen) atoms. The monoisotopic (exact) mass is 321 g/mol. The normalized spacial score (nSPS) is 12.4. The van der Waals surface area contributed by atoms with Gasteiger partial charge in [0.05, 0.1) is 5.52 Å². The third-order valence-electron chi connectivity index (χ3n) is 3.13. The van der Waals surface area contributed by atoms with Crippen molar-refractivity contribution in [2.24, 2.45) is 5.92 Å². The first-order chi connectivity index (χ1) is 10.3. The molecule has 0 saturated heterocycles. The first-order valence-corrected chi connectivity index (χ1v) is 8.46. The van der Waals surface area contributed by atoms with Gasteiger partial charge in [0.2, 0.25) is 5.50 Å². The minimum absolute atomic E-state index is 0.265. The molecule has 0 fully saturated rings. The second-order valence-corrected chi connectivity index (χ2v) is 7.07. The number of furan rings is 1. The number of nitrogens with zero attached hydrogens (tertiary/aromatic N) is 2. The van der Waals surface area contributed by atoms with E-state index in [0.717, 1.165) is 17.6 Å². The van der Waals surface area contributed by atoms with Gasteiger partial charge in [-0.25, -0.2) is 9.97 Å². The van der Waals surface area contributed by atoms with Crippen LogP contribution >= 0.6 is 7.60 Å². The number of aromatic amines is 1. The number of fused-ring (bicyclic) bond motifs is 1. The van der Waals surface area contributed by atoms with Crippen LogP contribution in [0.4, 0.5) is 0 Å². The Morgan fingerprint density at radius 1 is 1.23 bits per heavy atom. The van der Waals surface area contributed by atoms with Gasteiger partial charge in [0.25, 0.3) is 0 Å². The Kier molecular flexibility index (Phi) is 3.64. The van der Waals surface area contributed by atoms with Crippen molar-refractivity contribution in [3.8, 4) is 11.6 Å². The molecule has 0 aliphatic carbocycles. The van der Waals surface area contributed by atoms with Crippen molar-refractivity contribution in [2.45, 2.75) is 20.3 Å². The fraction of sp³-hybridized carbons (Fsp3) is 0.286. The van der Waals surface area contributed by atoms with Gasteiger partial charge in [-0.2, -0.15) is 0 Å². The molecule has 0 atom stereocenters. The van der Waals surface area contributed by atoms with Crippen molar-refractivity contribution in [3.05, 3.63) is 30.0 Å². The van der Waals surface area contributed by atoms with Crippen LogP contribution < -0.4 is 5.50 Å². The molecule has 3 aromatic rings. The maximum atomic E-state index is 11.2. The minimum atomic E-state index is -4.40. The predicted molar refractivity (Wildman–Crippen MR) is 81.8 cm³/mol. The van der Waals surface area contributed by atoms with Crippen molar-refractivity contribution in [1.82, 2.24) is 15.0 Å². The van der Waals surface area contributed by atoms with E-state index in [0.29, 0.717) is 17.4 Å². The molecule has 116 valence electrons. The summed E-state index contributed by atoms with van der Waals surface area (Å²) in [6.07, 6.45) is 0.862. The molecule has 3 rings (SSSR count). The molecule has 0 bridgehead atoms. The third kappa shape index (κ3) is 2.97. The molecule has 0 saturated carbocycles. The van der Waals surface area contributed by atoms with Gasteiger partial charge in [0.1, 0.15) is 0 Å². The van der Waals surface area contributed by atoms with Crippen LogP contribution in [0.3, 0.4) is 0 Å². The molecule has 3 aromatic heterocycles. The number of imidazole rings is 1. The summed E-state index contributed by atoms with van der Waals surface area (Å²) in [6, 6.07) is 6.55. The summed E-state index contributed by atoms with van der Waals surface area (Å²) < 4.78 is 16.3. The third-order valence-corrected chi connectivity index (χ3v) is 3.95. The highest BCUT2D eigenvalue weighted by molar-refractivity contribution is 7.59. The van der Waals surface area contributed by atoms with Crippen LogP contribution in [-0.2, 0) is 11.0 Å². The Morgan fingerprint density at radius 2 is 2.00 bits per heavy atom. The molecule has 0 spiro atoms. The lowest BCUT2D eigenvalue weighted by atomic mass is 10.1. The second-order valence-electron chi connectivity index (χ2n) is 5.54. The van der Waals surface area contributed by atoms with Crippen LogP contribution in [0.2, 0.25) is 0 Å². The molecule has 3 heterocycles. The van der Waals surface area contributed by atoms with E-state index in [-0.39, 0.29) is 11.3 Å². The quantitative estimate of drug-likeness (QED) is 0.635. The number of hydrogen-bond donors (Lipinski definition) is 3. The summed E-state index contributed by atoms with van der Waals surface area (Å²) in [6.45, 7) is 4.24. The average Bonchev–Trinajstić information content (AvgIpc) is 3.02. The zero-order chi connectivity index (χ0) is 15.9. The van der Waals surface area contributed by atoms with Crippen LogP contribution in [0.5, 0.6) is 0 Å². The standard InChI is InChI=1S/C14H16N3O4P/c1-8(2)7-9-3-4-10-13(15-9)17-14(16-10)11-5-6-12(21-11)22(18,19)20/h3-6,8H,7H2,1-2H3,(H,15,16,17)(H2,18,19,20). The number of aromatic nitrogens is 3. The van der Waals surface area contributed by atoms with Crippen molar-refractivity contribution >= 4 is 24.3 Å². The first-order valence-electron chi connectivity index (χ1n) is 6.85. The fourth-order valence-electron chi connectivity index (χ4n) is 2.19. The smallest absolute Gasteiger partial charge is 0.391 e. The highest BCUT2D eigenvalue weighted by Gasteiger charge is 2.23. The Bertz CT molecular complexity index is 862. The predicted octanol–water partition coefficient (Wildman–Crippen LogP) is 2.22. The molecule has 7 nitrogen and oxygen atoms in total. The van der Waals surface area contributed by atoms with Crippen LogP contribution in [0.1, 0.15) is 19.5 Å². The maximum absolute atomic E-state index is 11.2. The summed E-state index contributed by atoms with van der Waals surface area (Å²) in [5, 5.41) is 0. The van der Waals surface area contributed by atoms with Gasteiger partial charge in [0.15, 0.2) is 17.2 Å². The topological polar surface area (TPSA) is 112 Å². The highest BCUT2D eigenvalue weighted by Crippen LogP contribution is 2.35. The largest absolute Gasteiger partial charge is 0.445 e. The molecule has 0 aromatic carbocycles. The van der Waals surface area contributed by atoms with Crippen LogP contribution in [-0.4, -0.2) is 24.7 Å². The maximum Gasteiger partial charge on any atom is 0.391 e. The first kappa shape index (κ1) is 15.0. The lowest BCUT2D eigenvalue weighted by molar-refractivity contribution is 0.377. The molecular formula is C14H16N3O4P. The Hall–Kier alpha value is -1.95. The van der Waals surface area contributed by atoms with Gasteiger partial charge >= 0.3 is 7.60 Å². The Labute approximate surface area is 126 Å². The molecule has 3 N–H and O–H groups in total. The van der Waals surface area contributed by atoms with Crippen LogP contribution in [0, 0.1) is 5.92 Å². The van der Waals surface area contributed by atoms with E-state index in [1.807, 2.05) is 12.1 Å². The van der Waals surface area contributed by atoms with Gasteiger partial charge < -0.3 is 19.2 Å². The van der Waals surface area contributed by atoms with E-state index >= 15 is 0 Å². The summed E-state index contributed by atoms with van der Waals surface area (Å²) in [5.41, 5.74) is 1.88. The summed E-state index contributed by atoms with van der Waals surface area (Å²) in [7, 11) is -4.40. The van der Waals surface area contributed by atoms with Gasteiger partial charge in [-0.3, -0.25) is 4.57 Å². The molecule has 0 aliphatic rings. The highest BCUT2D eigenvalue weighted by atomic mass is 31.2.